The highest BCUT2D eigenvalue weighted by Crippen LogP contribution is 2.41. The molecular formula is C25H35F4NO4. The topological polar surface area (TPSA) is 90.1 Å². The highest BCUT2D eigenvalue weighted by atomic mass is 19.4. The van der Waals surface area contributed by atoms with Crippen molar-refractivity contribution in [2.24, 2.45) is 22.9 Å². The molecule has 1 saturated carbocycles. The first-order valence-electron chi connectivity index (χ1n) is 12.0. The third kappa shape index (κ3) is 8.89. The zero-order valence-corrected chi connectivity index (χ0v) is 19.5. The predicted octanol–water partition coefficient (Wildman–Crippen LogP) is 6.45. The van der Waals surface area contributed by atoms with E-state index in [0.717, 1.165) is 43.5 Å². The molecule has 0 saturated heterocycles. The normalized spacial score (nSPS) is 22.9. The molecule has 192 valence electrons. The van der Waals surface area contributed by atoms with Gasteiger partial charge in [0.1, 0.15) is 5.82 Å². The Hall–Kier alpha value is -2.16. The van der Waals surface area contributed by atoms with Gasteiger partial charge in [-0.25, -0.2) is 4.39 Å². The lowest BCUT2D eigenvalue weighted by molar-refractivity contribution is -0.138. The third-order valence-electron chi connectivity index (χ3n) is 6.88. The van der Waals surface area contributed by atoms with Crippen LogP contribution in [0.5, 0.6) is 0 Å². The van der Waals surface area contributed by atoms with Crippen molar-refractivity contribution in [2.75, 3.05) is 0 Å². The average Bonchev–Trinajstić information content (AvgIpc) is 3.06. The lowest BCUT2D eigenvalue weighted by atomic mass is 9.82. The fourth-order valence-corrected chi connectivity index (χ4v) is 5.08. The van der Waals surface area contributed by atoms with E-state index in [0.29, 0.717) is 43.6 Å². The Kier molecular flexibility index (Phi) is 10.8. The van der Waals surface area contributed by atoms with E-state index in [-0.39, 0.29) is 30.7 Å². The molecule has 1 fully saturated rings. The smallest absolute Gasteiger partial charge is 0.416 e. The summed E-state index contributed by atoms with van der Waals surface area (Å²) in [5.41, 5.74) is -0.124. The van der Waals surface area contributed by atoms with Crippen LogP contribution in [0.3, 0.4) is 0 Å². The van der Waals surface area contributed by atoms with Crippen molar-refractivity contribution >= 4 is 11.7 Å². The Bertz CT molecular complexity index is 828. The van der Waals surface area contributed by atoms with Crippen molar-refractivity contribution in [3.8, 4) is 0 Å². The number of oxime groups is 1. The van der Waals surface area contributed by atoms with Crippen LogP contribution in [0.25, 0.3) is 0 Å². The molecule has 0 radical (unpaired) electrons. The van der Waals surface area contributed by atoms with Gasteiger partial charge in [-0.3, -0.25) is 4.79 Å². The number of aliphatic hydroxyl groups is 1. The number of unbranched alkanes of at least 4 members (excludes halogenated alkanes) is 3. The van der Waals surface area contributed by atoms with Gasteiger partial charge in [0.15, 0.2) is 0 Å². The van der Waals surface area contributed by atoms with Crippen LogP contribution >= 0.6 is 0 Å². The van der Waals surface area contributed by atoms with Gasteiger partial charge < -0.3 is 15.4 Å². The van der Waals surface area contributed by atoms with E-state index in [1.54, 1.807) is 0 Å². The van der Waals surface area contributed by atoms with Gasteiger partial charge in [0.2, 0.25) is 0 Å². The molecule has 2 rings (SSSR count). The van der Waals surface area contributed by atoms with Crippen LogP contribution in [0, 0.1) is 23.6 Å². The maximum absolute atomic E-state index is 13.6. The SMILES string of the molecule is C[C@H]1C/C(=N/O)C(CC[C@@H](O)CCc2cc(F)cc(C(F)(F)F)c2)C1CCCCCCC(=O)O. The van der Waals surface area contributed by atoms with Gasteiger partial charge in [0.25, 0.3) is 0 Å². The third-order valence-corrected chi connectivity index (χ3v) is 6.88. The molecule has 0 amide bonds. The van der Waals surface area contributed by atoms with E-state index < -0.39 is 29.6 Å². The van der Waals surface area contributed by atoms with Crippen molar-refractivity contribution in [3.05, 3.63) is 35.1 Å². The molecule has 9 heteroatoms. The fourth-order valence-electron chi connectivity index (χ4n) is 5.08. The highest BCUT2D eigenvalue weighted by molar-refractivity contribution is 5.88. The molecule has 1 aromatic carbocycles. The van der Waals surface area contributed by atoms with E-state index in [1.807, 2.05) is 0 Å². The van der Waals surface area contributed by atoms with Crippen molar-refractivity contribution in [1.29, 1.82) is 0 Å². The molecule has 3 N–H and O–H groups in total. The van der Waals surface area contributed by atoms with E-state index >= 15 is 0 Å². The number of nitrogens with zero attached hydrogens (tertiary/aromatic N) is 1. The first-order valence-corrected chi connectivity index (χ1v) is 12.0. The minimum atomic E-state index is -4.63. The van der Waals surface area contributed by atoms with Gasteiger partial charge in [-0.05, 0) is 80.5 Å². The van der Waals surface area contributed by atoms with Crippen molar-refractivity contribution < 1.29 is 37.8 Å². The highest BCUT2D eigenvalue weighted by Gasteiger charge is 2.38. The molecule has 0 spiro atoms. The number of carbonyl (C=O) groups is 1. The van der Waals surface area contributed by atoms with Gasteiger partial charge in [-0.1, -0.05) is 31.3 Å². The van der Waals surface area contributed by atoms with Crippen LogP contribution < -0.4 is 0 Å². The van der Waals surface area contributed by atoms with Crippen LogP contribution in [0.1, 0.15) is 82.3 Å². The fraction of sp³-hybridized carbons (Fsp3) is 0.680. The molecule has 2 unspecified atom stereocenters. The standard InChI is InChI=1S/C25H35F4NO4/c1-16-12-23(30-34)22(21(16)6-4-2-3-5-7-24(32)33)11-10-20(31)9-8-17-13-18(25(27,28)29)15-19(26)14-17/h13-16,20-22,31,34H,2-12H2,1H3,(H,32,33)/b30-23-/t16-,20-,21?,22?/m0/s1. The molecule has 0 heterocycles. The lowest BCUT2D eigenvalue weighted by Gasteiger charge is -2.23. The van der Waals surface area contributed by atoms with Crippen LogP contribution in [-0.4, -0.2) is 33.2 Å². The number of halogens is 4. The minimum Gasteiger partial charge on any atom is -0.481 e. The summed E-state index contributed by atoms with van der Waals surface area (Å²) in [6, 6.07) is 2.43. The number of alkyl halides is 3. The molecular weight excluding hydrogens is 454 g/mol. The van der Waals surface area contributed by atoms with Gasteiger partial charge >= 0.3 is 12.1 Å². The second-order valence-corrected chi connectivity index (χ2v) is 9.51. The number of aliphatic hydroxyl groups excluding tert-OH is 1. The molecule has 4 atom stereocenters. The maximum Gasteiger partial charge on any atom is 0.416 e. The maximum atomic E-state index is 13.6. The number of hydrogen-bond donors (Lipinski definition) is 3. The molecule has 5 nitrogen and oxygen atoms in total. The van der Waals surface area contributed by atoms with Crippen LogP contribution in [0.4, 0.5) is 17.6 Å². The van der Waals surface area contributed by atoms with Crippen LogP contribution in [0.2, 0.25) is 0 Å². The summed E-state index contributed by atoms with van der Waals surface area (Å²) >= 11 is 0. The second kappa shape index (κ2) is 13.1. The summed E-state index contributed by atoms with van der Waals surface area (Å²) in [6.45, 7) is 2.11. The molecule has 0 bridgehead atoms. The predicted molar refractivity (Wildman–Crippen MR) is 120 cm³/mol. The summed E-state index contributed by atoms with van der Waals surface area (Å²) in [5, 5.41) is 32.1. The number of aryl methyl sites for hydroxylation is 1. The van der Waals surface area contributed by atoms with Crippen LogP contribution in [-0.2, 0) is 17.4 Å². The van der Waals surface area contributed by atoms with E-state index in [2.05, 4.69) is 12.1 Å². The van der Waals surface area contributed by atoms with Crippen LogP contribution in [0.15, 0.2) is 23.4 Å². The lowest BCUT2D eigenvalue weighted by Crippen LogP contribution is -2.20. The molecule has 1 aromatic rings. The number of benzene rings is 1. The van der Waals surface area contributed by atoms with E-state index in [9.17, 15) is 32.7 Å². The second-order valence-electron chi connectivity index (χ2n) is 9.51. The summed E-state index contributed by atoms with van der Waals surface area (Å²) in [5.74, 6) is -1.08. The summed E-state index contributed by atoms with van der Waals surface area (Å²) in [4.78, 5) is 10.6. The Balaban J connectivity index is 1.85. The largest absolute Gasteiger partial charge is 0.481 e. The number of aliphatic carboxylic acids is 1. The van der Waals surface area contributed by atoms with Crippen molar-refractivity contribution in [1.82, 2.24) is 0 Å². The molecule has 0 aromatic heterocycles. The summed E-state index contributed by atoms with van der Waals surface area (Å²) in [6.07, 6.45) is 1.16. The zero-order valence-electron chi connectivity index (χ0n) is 19.5. The number of hydrogen-bond acceptors (Lipinski definition) is 4. The van der Waals surface area contributed by atoms with Crippen molar-refractivity contribution in [2.45, 2.75) is 89.8 Å². The van der Waals surface area contributed by atoms with Crippen molar-refractivity contribution in [3.63, 3.8) is 0 Å². The van der Waals surface area contributed by atoms with Gasteiger partial charge in [-0.2, -0.15) is 13.2 Å². The number of carboxylic acid groups (broad SMARTS) is 1. The number of rotatable bonds is 13. The molecule has 34 heavy (non-hydrogen) atoms. The Morgan fingerprint density at radius 3 is 2.47 bits per heavy atom. The Morgan fingerprint density at radius 2 is 1.82 bits per heavy atom. The van der Waals surface area contributed by atoms with Gasteiger partial charge in [0, 0.05) is 12.3 Å². The molecule has 1 aliphatic carbocycles. The quantitative estimate of drug-likeness (QED) is 0.129. The van der Waals surface area contributed by atoms with Gasteiger partial charge in [0.05, 0.1) is 17.4 Å². The van der Waals surface area contributed by atoms with Gasteiger partial charge in [-0.15, -0.1) is 0 Å². The first kappa shape index (κ1) is 28.1. The molecule has 1 aliphatic rings. The van der Waals surface area contributed by atoms with E-state index in [1.165, 1.54) is 0 Å². The summed E-state index contributed by atoms with van der Waals surface area (Å²) < 4.78 is 52.2. The Morgan fingerprint density at radius 1 is 1.12 bits per heavy atom. The minimum absolute atomic E-state index is 0.0275. The summed E-state index contributed by atoms with van der Waals surface area (Å²) in [7, 11) is 0. The average molecular weight is 490 g/mol. The zero-order chi connectivity index (χ0) is 25.3. The number of carboxylic acids is 1. The Labute approximate surface area is 197 Å². The monoisotopic (exact) mass is 489 g/mol. The molecule has 0 aliphatic heterocycles. The van der Waals surface area contributed by atoms with E-state index in [4.69, 9.17) is 5.11 Å². The first-order chi connectivity index (χ1) is 16.0.